The van der Waals surface area contributed by atoms with Gasteiger partial charge in [-0.3, -0.25) is 9.59 Å². The van der Waals surface area contributed by atoms with E-state index in [0.29, 0.717) is 12.3 Å². The monoisotopic (exact) mass is 262 g/mol. The molecule has 1 fully saturated rings. The number of amides is 1. The zero-order valence-electron chi connectivity index (χ0n) is 10.8. The molecule has 3 atom stereocenters. The summed E-state index contributed by atoms with van der Waals surface area (Å²) in [6, 6.07) is 8.85. The second-order valence-corrected chi connectivity index (χ2v) is 4.87. The molecule has 5 heteroatoms. The van der Waals surface area contributed by atoms with Gasteiger partial charge in [0.1, 0.15) is 6.04 Å². The average Bonchev–Trinajstić information content (AvgIpc) is 2.89. The van der Waals surface area contributed by atoms with E-state index in [9.17, 15) is 9.59 Å². The van der Waals surface area contributed by atoms with Crippen molar-refractivity contribution in [3.63, 3.8) is 0 Å². The Bertz CT molecular complexity index is 461. The molecule has 1 unspecified atom stereocenters. The maximum atomic E-state index is 11.9. The molecule has 0 bridgehead atoms. The number of carboxylic acids is 1. The molecule has 0 radical (unpaired) electrons. The van der Waals surface area contributed by atoms with Gasteiger partial charge in [0, 0.05) is 6.54 Å². The number of carbonyl (C=O) groups is 2. The second-order valence-electron chi connectivity index (χ2n) is 4.87. The van der Waals surface area contributed by atoms with Crippen molar-refractivity contribution >= 4 is 11.9 Å². The van der Waals surface area contributed by atoms with Crippen molar-refractivity contribution in [2.45, 2.75) is 31.3 Å². The molecular weight excluding hydrogens is 244 g/mol. The zero-order valence-corrected chi connectivity index (χ0v) is 10.8. The highest BCUT2D eigenvalue weighted by molar-refractivity contribution is 5.87. The predicted molar refractivity (Wildman–Crippen MR) is 70.8 cm³/mol. The highest BCUT2D eigenvalue weighted by atomic mass is 16.4. The van der Waals surface area contributed by atoms with Crippen molar-refractivity contribution in [3.05, 3.63) is 35.9 Å². The standard InChI is InChI=1S/C14H18N2O3/c1-9(14(18)19)16-13(17)12-7-11(8-15-12)10-5-3-2-4-6-10/h2-6,9,11-12,15H,7-8H2,1H3,(H,16,17)(H,18,19)/t9?,11-,12+/m1/s1. The van der Waals surface area contributed by atoms with Crippen LogP contribution in [0.5, 0.6) is 0 Å². The van der Waals surface area contributed by atoms with E-state index in [2.05, 4.69) is 10.6 Å². The summed E-state index contributed by atoms with van der Waals surface area (Å²) in [7, 11) is 0. The van der Waals surface area contributed by atoms with Crippen LogP contribution in [0.15, 0.2) is 30.3 Å². The summed E-state index contributed by atoms with van der Waals surface area (Å²) < 4.78 is 0. The Morgan fingerprint density at radius 3 is 2.68 bits per heavy atom. The first-order chi connectivity index (χ1) is 9.08. The predicted octanol–water partition coefficient (Wildman–Crippen LogP) is 0.721. The molecule has 19 heavy (non-hydrogen) atoms. The maximum Gasteiger partial charge on any atom is 0.325 e. The van der Waals surface area contributed by atoms with Gasteiger partial charge >= 0.3 is 5.97 Å². The van der Waals surface area contributed by atoms with Crippen molar-refractivity contribution in [3.8, 4) is 0 Å². The Hall–Kier alpha value is -1.88. The minimum absolute atomic E-state index is 0.242. The molecule has 0 aromatic heterocycles. The van der Waals surface area contributed by atoms with E-state index in [1.54, 1.807) is 0 Å². The van der Waals surface area contributed by atoms with E-state index in [1.807, 2.05) is 30.3 Å². The van der Waals surface area contributed by atoms with Gasteiger partial charge < -0.3 is 15.7 Å². The Balaban J connectivity index is 1.91. The third-order valence-electron chi connectivity index (χ3n) is 3.45. The molecule has 0 spiro atoms. The van der Waals surface area contributed by atoms with Crippen LogP contribution >= 0.6 is 0 Å². The zero-order chi connectivity index (χ0) is 13.8. The molecule has 1 aromatic rings. The van der Waals surface area contributed by atoms with E-state index in [-0.39, 0.29) is 11.9 Å². The average molecular weight is 262 g/mol. The van der Waals surface area contributed by atoms with E-state index < -0.39 is 12.0 Å². The van der Waals surface area contributed by atoms with Crippen LogP contribution in [-0.4, -0.2) is 35.6 Å². The minimum atomic E-state index is -1.02. The van der Waals surface area contributed by atoms with Crippen LogP contribution in [0, 0.1) is 0 Å². The fourth-order valence-corrected chi connectivity index (χ4v) is 2.29. The molecule has 0 aliphatic carbocycles. The van der Waals surface area contributed by atoms with Gasteiger partial charge in [-0.25, -0.2) is 0 Å². The number of nitrogens with one attached hydrogen (secondary N) is 2. The van der Waals surface area contributed by atoms with Crippen LogP contribution < -0.4 is 10.6 Å². The van der Waals surface area contributed by atoms with E-state index in [4.69, 9.17) is 5.11 Å². The lowest BCUT2D eigenvalue weighted by molar-refractivity contribution is -0.141. The molecule has 1 aliphatic rings. The first-order valence-corrected chi connectivity index (χ1v) is 6.39. The Labute approximate surface area is 112 Å². The van der Waals surface area contributed by atoms with Crippen molar-refractivity contribution < 1.29 is 14.7 Å². The number of benzene rings is 1. The van der Waals surface area contributed by atoms with Crippen LogP contribution in [0.2, 0.25) is 0 Å². The summed E-state index contributed by atoms with van der Waals surface area (Å²) in [6.07, 6.45) is 0.697. The van der Waals surface area contributed by atoms with Gasteiger partial charge in [-0.2, -0.15) is 0 Å². The lowest BCUT2D eigenvalue weighted by atomic mass is 9.96. The maximum absolute atomic E-state index is 11.9. The summed E-state index contributed by atoms with van der Waals surface area (Å²) in [4.78, 5) is 22.6. The molecule has 3 N–H and O–H groups in total. The van der Waals surface area contributed by atoms with E-state index in [0.717, 1.165) is 6.54 Å². The Morgan fingerprint density at radius 2 is 2.05 bits per heavy atom. The van der Waals surface area contributed by atoms with Crippen molar-refractivity contribution in [1.29, 1.82) is 0 Å². The largest absolute Gasteiger partial charge is 0.480 e. The highest BCUT2D eigenvalue weighted by Gasteiger charge is 2.31. The van der Waals surface area contributed by atoms with Crippen LogP contribution in [0.1, 0.15) is 24.8 Å². The molecule has 1 heterocycles. The van der Waals surface area contributed by atoms with Crippen LogP contribution in [-0.2, 0) is 9.59 Å². The Kier molecular flexibility index (Phi) is 4.16. The van der Waals surface area contributed by atoms with Gasteiger partial charge in [0.15, 0.2) is 0 Å². The lowest BCUT2D eigenvalue weighted by Gasteiger charge is -2.14. The smallest absolute Gasteiger partial charge is 0.325 e. The summed E-state index contributed by atoms with van der Waals surface area (Å²) in [5.74, 6) is -0.962. The highest BCUT2D eigenvalue weighted by Crippen LogP contribution is 2.25. The summed E-state index contributed by atoms with van der Waals surface area (Å²) in [5.41, 5.74) is 1.21. The van der Waals surface area contributed by atoms with Gasteiger partial charge in [-0.15, -0.1) is 0 Å². The number of aliphatic carboxylic acids is 1. The van der Waals surface area contributed by atoms with Gasteiger partial charge in [0.05, 0.1) is 6.04 Å². The fourth-order valence-electron chi connectivity index (χ4n) is 2.29. The summed E-state index contributed by atoms with van der Waals surface area (Å²) in [5, 5.41) is 14.4. The van der Waals surface area contributed by atoms with Crippen LogP contribution in [0.3, 0.4) is 0 Å². The number of carboxylic acid groups (broad SMARTS) is 1. The van der Waals surface area contributed by atoms with Gasteiger partial charge in [0.25, 0.3) is 0 Å². The first kappa shape index (κ1) is 13.5. The van der Waals surface area contributed by atoms with Gasteiger partial charge in [-0.1, -0.05) is 30.3 Å². The first-order valence-electron chi connectivity index (χ1n) is 6.39. The number of carbonyl (C=O) groups excluding carboxylic acids is 1. The molecule has 2 rings (SSSR count). The third kappa shape index (κ3) is 3.32. The fraction of sp³-hybridized carbons (Fsp3) is 0.429. The SMILES string of the molecule is CC(NC(=O)[C@@H]1C[C@@H](c2ccccc2)CN1)C(=O)O. The Morgan fingerprint density at radius 1 is 1.37 bits per heavy atom. The van der Waals surface area contributed by atoms with E-state index >= 15 is 0 Å². The molecule has 0 saturated carbocycles. The second kappa shape index (κ2) is 5.84. The van der Waals surface area contributed by atoms with Crippen LogP contribution in [0.25, 0.3) is 0 Å². The van der Waals surface area contributed by atoms with Gasteiger partial charge in [-0.05, 0) is 24.8 Å². The number of rotatable bonds is 4. The van der Waals surface area contributed by atoms with Crippen LogP contribution in [0.4, 0.5) is 0 Å². The van der Waals surface area contributed by atoms with Crippen molar-refractivity contribution in [2.75, 3.05) is 6.54 Å². The van der Waals surface area contributed by atoms with Gasteiger partial charge in [0.2, 0.25) is 5.91 Å². The normalized spacial score (nSPS) is 23.8. The number of hydrogen-bond donors (Lipinski definition) is 3. The summed E-state index contributed by atoms with van der Waals surface area (Å²) >= 11 is 0. The summed E-state index contributed by atoms with van der Waals surface area (Å²) in [6.45, 7) is 2.20. The molecular formula is C14H18N2O3. The molecule has 1 saturated heterocycles. The van der Waals surface area contributed by atoms with E-state index in [1.165, 1.54) is 12.5 Å². The molecule has 1 aromatic carbocycles. The third-order valence-corrected chi connectivity index (χ3v) is 3.45. The molecule has 5 nitrogen and oxygen atoms in total. The topological polar surface area (TPSA) is 78.4 Å². The minimum Gasteiger partial charge on any atom is -0.480 e. The molecule has 102 valence electrons. The van der Waals surface area contributed by atoms with Crippen molar-refractivity contribution in [2.24, 2.45) is 0 Å². The molecule has 1 amide bonds. The quantitative estimate of drug-likeness (QED) is 0.747. The van der Waals surface area contributed by atoms with Crippen molar-refractivity contribution in [1.82, 2.24) is 10.6 Å². The molecule has 1 aliphatic heterocycles. The lowest BCUT2D eigenvalue weighted by Crippen LogP contribution is -2.46. The number of hydrogen-bond acceptors (Lipinski definition) is 3.